The molecule has 1 aromatic rings. The van der Waals surface area contributed by atoms with Crippen LogP contribution in [0.15, 0.2) is 46.2 Å². The number of nitrogens with zero attached hydrogens (tertiary/aromatic N) is 1. The van der Waals surface area contributed by atoms with E-state index < -0.39 is 10.5 Å². The fraction of sp³-hybridized carbons (Fsp3) is 0.167. The van der Waals surface area contributed by atoms with Crippen molar-refractivity contribution in [1.82, 2.24) is 10.6 Å². The molecule has 6 heteroatoms. The highest BCUT2D eigenvalue weighted by molar-refractivity contribution is 8.27. The first-order valence-corrected chi connectivity index (χ1v) is 7.77. The van der Waals surface area contributed by atoms with E-state index in [0.29, 0.717) is 17.5 Å². The van der Waals surface area contributed by atoms with Gasteiger partial charge >= 0.3 is 0 Å². The van der Waals surface area contributed by atoms with Crippen LogP contribution in [-0.2, 0) is 0 Å². The Morgan fingerprint density at radius 3 is 3.00 bits per heavy atom. The molecule has 0 saturated heterocycles. The number of thiocarbonyl (C=S) groups is 1. The van der Waals surface area contributed by atoms with Crippen molar-refractivity contribution in [3.63, 3.8) is 0 Å². The molecule has 0 amide bonds. The Morgan fingerprint density at radius 1 is 1.56 bits per heavy atom. The average Bonchev–Trinajstić information content (AvgIpc) is 2.59. The maximum absolute atomic E-state index is 10.3. The Kier molecular flexibility index (Phi) is 3.70. The number of nitrogens with one attached hydrogen (secondary N) is 2. The van der Waals surface area contributed by atoms with Crippen molar-refractivity contribution >= 4 is 33.7 Å². The van der Waals surface area contributed by atoms with Crippen molar-refractivity contribution in [2.45, 2.75) is 4.90 Å². The number of amidine groups is 1. The van der Waals surface area contributed by atoms with Crippen LogP contribution in [0.2, 0.25) is 0 Å². The summed E-state index contributed by atoms with van der Waals surface area (Å²) >= 11 is 5.14. The molecule has 0 spiro atoms. The summed E-state index contributed by atoms with van der Waals surface area (Å²) < 4.78 is 14.6. The quantitative estimate of drug-likeness (QED) is 0.575. The van der Waals surface area contributed by atoms with Gasteiger partial charge in [0, 0.05) is 23.3 Å². The lowest BCUT2D eigenvalue weighted by Crippen LogP contribution is -2.39. The molecule has 0 saturated carbocycles. The normalized spacial score (nSPS) is 24.4. The highest BCUT2D eigenvalue weighted by atomic mass is 32.3. The van der Waals surface area contributed by atoms with Crippen LogP contribution in [0.4, 0.5) is 0 Å². The standard InChI is InChI=1S/C12H15N3OS2/c1-3-8-13-12(17)14-11-9-6-4-5-7-10(9)18(2,16)15-11/h3-7,16H,1,8H2,2H3,(H2,13,14,15,17). The molecule has 1 atom stereocenters. The van der Waals surface area contributed by atoms with Gasteiger partial charge in [-0.15, -0.1) is 6.58 Å². The van der Waals surface area contributed by atoms with Crippen molar-refractivity contribution in [2.75, 3.05) is 12.8 Å². The number of fused-ring (bicyclic) bond motifs is 1. The largest absolute Gasteiger partial charge is 0.359 e. The van der Waals surface area contributed by atoms with Crippen molar-refractivity contribution in [2.24, 2.45) is 4.40 Å². The summed E-state index contributed by atoms with van der Waals surface area (Å²) in [4.78, 5) is 0.860. The summed E-state index contributed by atoms with van der Waals surface area (Å²) in [7, 11) is -2.10. The lowest BCUT2D eigenvalue weighted by molar-refractivity contribution is 0.634. The van der Waals surface area contributed by atoms with Gasteiger partial charge in [0.2, 0.25) is 0 Å². The zero-order valence-electron chi connectivity index (χ0n) is 10.0. The van der Waals surface area contributed by atoms with Crippen molar-refractivity contribution in [1.29, 1.82) is 0 Å². The Hall–Kier alpha value is -1.37. The minimum atomic E-state index is -2.10. The summed E-state index contributed by atoms with van der Waals surface area (Å²) in [5.74, 6) is 0.618. The van der Waals surface area contributed by atoms with Gasteiger partial charge in [0.05, 0.1) is 0 Å². The summed E-state index contributed by atoms with van der Waals surface area (Å²) in [5, 5.41) is 6.45. The molecule has 0 fully saturated rings. The van der Waals surface area contributed by atoms with Crippen LogP contribution in [-0.4, -0.2) is 28.3 Å². The van der Waals surface area contributed by atoms with Gasteiger partial charge in [0.15, 0.2) is 5.11 Å². The minimum Gasteiger partial charge on any atom is -0.359 e. The maximum Gasteiger partial charge on any atom is 0.172 e. The molecular weight excluding hydrogens is 266 g/mol. The van der Waals surface area contributed by atoms with Crippen LogP contribution >= 0.6 is 22.7 Å². The van der Waals surface area contributed by atoms with Crippen LogP contribution in [0.1, 0.15) is 5.56 Å². The molecule has 18 heavy (non-hydrogen) atoms. The molecule has 1 unspecified atom stereocenters. The van der Waals surface area contributed by atoms with Crippen LogP contribution in [0, 0.1) is 0 Å². The lowest BCUT2D eigenvalue weighted by atomic mass is 10.2. The number of hydrogen-bond acceptors (Lipinski definition) is 3. The SMILES string of the molecule is C=CCNC(=S)NC1=NS(C)(O)c2ccccc21. The zero-order chi connectivity index (χ0) is 13.2. The molecule has 0 aliphatic carbocycles. The third-order valence-corrected chi connectivity index (χ3v) is 4.44. The molecular formula is C12H15N3OS2. The van der Waals surface area contributed by atoms with E-state index in [1.54, 1.807) is 12.3 Å². The Bertz CT molecular complexity index is 526. The highest BCUT2D eigenvalue weighted by Gasteiger charge is 2.29. The predicted molar refractivity (Wildman–Crippen MR) is 81.3 cm³/mol. The van der Waals surface area contributed by atoms with Crippen molar-refractivity contribution in [3.8, 4) is 0 Å². The number of rotatable bonds is 2. The van der Waals surface area contributed by atoms with Crippen LogP contribution < -0.4 is 10.6 Å². The molecule has 96 valence electrons. The van der Waals surface area contributed by atoms with E-state index in [1.165, 1.54) is 0 Å². The lowest BCUT2D eigenvalue weighted by Gasteiger charge is -2.19. The summed E-state index contributed by atoms with van der Waals surface area (Å²) in [6, 6.07) is 7.62. The molecule has 0 bridgehead atoms. The maximum atomic E-state index is 10.3. The zero-order valence-corrected chi connectivity index (χ0v) is 11.6. The molecule has 1 heterocycles. The van der Waals surface area contributed by atoms with Crippen molar-refractivity contribution in [3.05, 3.63) is 42.5 Å². The highest BCUT2D eigenvalue weighted by Crippen LogP contribution is 2.55. The van der Waals surface area contributed by atoms with Crippen LogP contribution in [0.25, 0.3) is 0 Å². The number of benzene rings is 1. The van der Waals surface area contributed by atoms with E-state index in [4.69, 9.17) is 12.2 Å². The average molecular weight is 281 g/mol. The van der Waals surface area contributed by atoms with E-state index in [0.717, 1.165) is 10.5 Å². The molecule has 4 nitrogen and oxygen atoms in total. The van der Waals surface area contributed by atoms with Gasteiger partial charge in [-0.25, -0.2) is 0 Å². The van der Waals surface area contributed by atoms with Crippen LogP contribution in [0.5, 0.6) is 0 Å². The van der Waals surface area contributed by atoms with Gasteiger partial charge in [-0.3, -0.25) is 0 Å². The topological polar surface area (TPSA) is 56.7 Å². The van der Waals surface area contributed by atoms with Crippen LogP contribution in [0.3, 0.4) is 0 Å². The second kappa shape index (κ2) is 5.09. The van der Waals surface area contributed by atoms with Gasteiger partial charge < -0.3 is 15.2 Å². The van der Waals surface area contributed by atoms with Gasteiger partial charge in [-0.1, -0.05) is 24.3 Å². The van der Waals surface area contributed by atoms with Gasteiger partial charge in [-0.05, 0) is 28.8 Å². The summed E-state index contributed by atoms with van der Waals surface area (Å²) in [6.07, 6.45) is 3.46. The monoisotopic (exact) mass is 281 g/mol. The second-order valence-corrected chi connectivity index (χ2v) is 6.59. The second-order valence-electron chi connectivity index (χ2n) is 3.89. The first-order valence-electron chi connectivity index (χ1n) is 5.40. The fourth-order valence-corrected chi connectivity index (χ4v) is 3.38. The fourth-order valence-electron chi connectivity index (χ4n) is 1.68. The van der Waals surface area contributed by atoms with Gasteiger partial charge in [0.25, 0.3) is 0 Å². The van der Waals surface area contributed by atoms with E-state index in [1.807, 2.05) is 24.3 Å². The molecule has 0 radical (unpaired) electrons. The van der Waals surface area contributed by atoms with Crippen molar-refractivity contribution < 1.29 is 4.55 Å². The summed E-state index contributed by atoms with van der Waals surface area (Å²) in [6.45, 7) is 4.19. The molecule has 1 aliphatic heterocycles. The van der Waals surface area contributed by atoms with E-state index in [2.05, 4.69) is 21.6 Å². The summed E-state index contributed by atoms with van der Waals surface area (Å²) in [5.41, 5.74) is 0.903. The van der Waals surface area contributed by atoms with Gasteiger partial charge in [-0.2, -0.15) is 4.40 Å². The molecule has 1 aliphatic rings. The Balaban J connectivity index is 2.20. The molecule has 1 aromatic carbocycles. The first kappa shape index (κ1) is 13.1. The Morgan fingerprint density at radius 2 is 2.28 bits per heavy atom. The first-order chi connectivity index (χ1) is 8.54. The minimum absolute atomic E-state index is 0.473. The van der Waals surface area contributed by atoms with E-state index in [-0.39, 0.29) is 0 Å². The third kappa shape index (κ3) is 2.55. The molecule has 2 rings (SSSR count). The van der Waals surface area contributed by atoms with Gasteiger partial charge in [0.1, 0.15) is 5.84 Å². The smallest absolute Gasteiger partial charge is 0.172 e. The molecule has 0 aromatic heterocycles. The van der Waals surface area contributed by atoms with E-state index in [9.17, 15) is 4.55 Å². The third-order valence-electron chi connectivity index (χ3n) is 2.47. The predicted octanol–water partition coefficient (Wildman–Crippen LogP) is 2.28. The van der Waals surface area contributed by atoms with E-state index >= 15 is 0 Å². The Labute approximate surface area is 113 Å². The molecule has 3 N–H and O–H groups in total. The number of hydrogen-bond donors (Lipinski definition) is 3.